The van der Waals surface area contributed by atoms with Crippen molar-refractivity contribution in [2.24, 2.45) is 11.8 Å². The Morgan fingerprint density at radius 1 is 1.04 bits per heavy atom. The first-order valence-corrected chi connectivity index (χ1v) is 7.25. The average molecular weight is 344 g/mol. The maximum Gasteiger partial charge on any atom is 0.417 e. The van der Waals surface area contributed by atoms with Gasteiger partial charge in [-0.2, -0.15) is 13.2 Å². The van der Waals surface area contributed by atoms with Crippen LogP contribution in [0.2, 0.25) is 5.02 Å². The van der Waals surface area contributed by atoms with Gasteiger partial charge in [0.1, 0.15) is 0 Å². The summed E-state index contributed by atoms with van der Waals surface area (Å²) in [5, 5.41) is -0.481. The minimum atomic E-state index is -4.67. The summed E-state index contributed by atoms with van der Waals surface area (Å²) in [5.74, 6) is -2.40. The number of rotatable bonds is 1. The number of amides is 2. The van der Waals surface area contributed by atoms with Gasteiger partial charge in [0.25, 0.3) is 0 Å². The van der Waals surface area contributed by atoms with Gasteiger partial charge in [-0.25, -0.2) is 4.90 Å². The first-order chi connectivity index (χ1) is 10.8. The van der Waals surface area contributed by atoms with E-state index >= 15 is 0 Å². The van der Waals surface area contributed by atoms with Crippen molar-refractivity contribution in [2.45, 2.75) is 18.4 Å². The van der Waals surface area contributed by atoms with Crippen molar-refractivity contribution in [3.63, 3.8) is 0 Å². The number of nitrogens with zero attached hydrogens (tertiary/aromatic N) is 1. The Hall–Kier alpha value is -1.86. The van der Waals surface area contributed by atoms with Crippen LogP contribution in [0.15, 0.2) is 30.4 Å². The van der Waals surface area contributed by atoms with Gasteiger partial charge in [-0.15, -0.1) is 0 Å². The Morgan fingerprint density at radius 3 is 2.13 bits per heavy atom. The highest BCUT2D eigenvalue weighted by Gasteiger charge is 2.61. The second kappa shape index (κ2) is 4.58. The quantitative estimate of drug-likeness (QED) is 0.582. The number of benzene rings is 1. The number of hydrogen-bond acceptors (Lipinski definition) is 3. The standard InChI is InChI=1S/C15H9ClF3NO3/c16-8-2-1-6(5-7(8)15(17,18)19)20-13(21)11-9-3-4-10(23-9)12(11)14(20)22/h1-5,9-12H/t9-,10-,11-,12-/m0/s1. The van der Waals surface area contributed by atoms with E-state index in [4.69, 9.17) is 16.3 Å². The molecule has 0 radical (unpaired) electrons. The van der Waals surface area contributed by atoms with E-state index in [2.05, 4.69) is 0 Å². The molecule has 120 valence electrons. The van der Waals surface area contributed by atoms with Crippen molar-refractivity contribution in [1.29, 1.82) is 0 Å². The summed E-state index contributed by atoms with van der Waals surface area (Å²) in [7, 11) is 0. The molecule has 2 amide bonds. The fourth-order valence-corrected chi connectivity index (χ4v) is 3.65. The molecule has 2 saturated heterocycles. The van der Waals surface area contributed by atoms with Gasteiger partial charge in [0.05, 0.1) is 40.3 Å². The molecule has 3 aliphatic rings. The molecule has 1 aromatic rings. The largest absolute Gasteiger partial charge is 0.417 e. The molecule has 2 fully saturated rings. The summed E-state index contributed by atoms with van der Waals surface area (Å²) in [6.07, 6.45) is -2.22. The van der Waals surface area contributed by atoms with Crippen LogP contribution in [-0.4, -0.2) is 24.0 Å². The normalized spacial score (nSPS) is 32.1. The maximum absolute atomic E-state index is 13.0. The van der Waals surface area contributed by atoms with Gasteiger partial charge in [0.15, 0.2) is 0 Å². The molecule has 0 aliphatic carbocycles. The monoisotopic (exact) mass is 343 g/mol. The zero-order valence-corrected chi connectivity index (χ0v) is 12.1. The van der Waals surface area contributed by atoms with E-state index in [-0.39, 0.29) is 5.69 Å². The minimum absolute atomic E-state index is 0.120. The van der Waals surface area contributed by atoms with Crippen molar-refractivity contribution < 1.29 is 27.5 Å². The summed E-state index contributed by atoms with van der Waals surface area (Å²) in [6.45, 7) is 0. The lowest BCUT2D eigenvalue weighted by Crippen LogP contribution is -2.34. The Bertz CT molecular complexity index is 731. The van der Waals surface area contributed by atoms with Crippen molar-refractivity contribution in [1.82, 2.24) is 0 Å². The van der Waals surface area contributed by atoms with E-state index in [0.717, 1.165) is 17.0 Å². The van der Waals surface area contributed by atoms with Gasteiger partial charge in [-0.05, 0) is 18.2 Å². The first-order valence-electron chi connectivity index (χ1n) is 6.87. The van der Waals surface area contributed by atoms with Gasteiger partial charge in [0, 0.05) is 0 Å². The lowest BCUT2D eigenvalue weighted by Gasteiger charge is -2.19. The van der Waals surface area contributed by atoms with E-state index < -0.39 is 52.6 Å². The Kier molecular flexibility index (Phi) is 2.93. The molecule has 4 atom stereocenters. The van der Waals surface area contributed by atoms with Crippen molar-refractivity contribution in [2.75, 3.05) is 4.90 Å². The molecular weight excluding hydrogens is 335 g/mol. The zero-order chi connectivity index (χ0) is 16.5. The van der Waals surface area contributed by atoms with Crippen LogP contribution in [0.25, 0.3) is 0 Å². The van der Waals surface area contributed by atoms with Crippen molar-refractivity contribution in [3.05, 3.63) is 40.9 Å². The molecule has 0 unspecified atom stereocenters. The highest BCUT2D eigenvalue weighted by atomic mass is 35.5. The Morgan fingerprint density at radius 2 is 1.61 bits per heavy atom. The van der Waals surface area contributed by atoms with E-state index in [9.17, 15) is 22.8 Å². The summed E-state index contributed by atoms with van der Waals surface area (Å²) in [5.41, 5.74) is -1.20. The van der Waals surface area contributed by atoms with Crippen LogP contribution in [0, 0.1) is 11.8 Å². The molecule has 4 nitrogen and oxygen atoms in total. The van der Waals surface area contributed by atoms with E-state index in [1.54, 1.807) is 12.2 Å². The van der Waals surface area contributed by atoms with E-state index in [1.807, 2.05) is 0 Å². The highest BCUT2D eigenvalue weighted by molar-refractivity contribution is 6.31. The van der Waals surface area contributed by atoms with Crippen LogP contribution < -0.4 is 4.90 Å². The molecule has 0 spiro atoms. The zero-order valence-electron chi connectivity index (χ0n) is 11.4. The minimum Gasteiger partial charge on any atom is -0.365 e. The predicted molar refractivity (Wildman–Crippen MR) is 73.7 cm³/mol. The number of imide groups is 1. The SMILES string of the molecule is O=C1[C@@H]2[C@@H](C(=O)N1c1ccc(Cl)c(C(F)(F)F)c1)[C@@H]1C=C[C@@H]2O1. The third kappa shape index (κ3) is 1.96. The van der Waals surface area contributed by atoms with Gasteiger partial charge < -0.3 is 4.74 Å². The fraction of sp³-hybridized carbons (Fsp3) is 0.333. The smallest absolute Gasteiger partial charge is 0.365 e. The lowest BCUT2D eigenvalue weighted by atomic mass is 9.85. The van der Waals surface area contributed by atoms with Gasteiger partial charge in [0.2, 0.25) is 11.8 Å². The topological polar surface area (TPSA) is 46.6 Å². The van der Waals surface area contributed by atoms with Crippen LogP contribution in [0.4, 0.5) is 18.9 Å². The summed E-state index contributed by atoms with van der Waals surface area (Å²) < 4.78 is 44.4. The van der Waals surface area contributed by atoms with E-state index in [1.165, 1.54) is 6.07 Å². The molecule has 0 N–H and O–H groups in total. The van der Waals surface area contributed by atoms with Gasteiger partial charge in [-0.1, -0.05) is 23.8 Å². The first kappa shape index (κ1) is 14.7. The predicted octanol–water partition coefficient (Wildman–Crippen LogP) is 2.80. The third-order valence-corrected chi connectivity index (χ3v) is 4.75. The van der Waals surface area contributed by atoms with Crippen molar-refractivity contribution in [3.8, 4) is 0 Å². The molecule has 8 heteroatoms. The highest BCUT2D eigenvalue weighted by Crippen LogP contribution is 2.47. The number of fused-ring (bicyclic) bond motifs is 5. The maximum atomic E-state index is 13.0. The summed E-state index contributed by atoms with van der Waals surface area (Å²) in [4.78, 5) is 25.8. The average Bonchev–Trinajstić information content (AvgIpc) is 3.13. The number of ether oxygens (including phenoxy) is 1. The molecule has 1 aromatic carbocycles. The number of carbonyl (C=O) groups is 2. The molecule has 4 rings (SSSR count). The Labute approximate surface area is 133 Å². The number of halogens is 4. The molecule has 0 aromatic heterocycles. The van der Waals surface area contributed by atoms with Crippen LogP contribution in [-0.2, 0) is 20.5 Å². The third-order valence-electron chi connectivity index (χ3n) is 4.42. The summed E-state index contributed by atoms with van der Waals surface area (Å²) in [6, 6.07) is 3.01. The van der Waals surface area contributed by atoms with Crippen molar-refractivity contribution >= 4 is 29.1 Å². The Balaban J connectivity index is 1.75. The molecule has 0 saturated carbocycles. The van der Waals surface area contributed by atoms with Crippen LogP contribution in [0.5, 0.6) is 0 Å². The lowest BCUT2D eigenvalue weighted by molar-refractivity contribution is -0.137. The molecule has 3 heterocycles. The molecule has 2 bridgehead atoms. The van der Waals surface area contributed by atoms with Gasteiger partial charge >= 0.3 is 6.18 Å². The number of alkyl halides is 3. The fourth-order valence-electron chi connectivity index (χ4n) is 3.43. The molecule has 23 heavy (non-hydrogen) atoms. The number of hydrogen-bond donors (Lipinski definition) is 0. The number of anilines is 1. The van der Waals surface area contributed by atoms with Crippen LogP contribution in [0.3, 0.4) is 0 Å². The van der Waals surface area contributed by atoms with Crippen LogP contribution in [0.1, 0.15) is 5.56 Å². The molecular formula is C15H9ClF3NO3. The molecule has 3 aliphatic heterocycles. The van der Waals surface area contributed by atoms with Gasteiger partial charge in [-0.3, -0.25) is 9.59 Å². The van der Waals surface area contributed by atoms with E-state index in [0.29, 0.717) is 0 Å². The second-order valence-electron chi connectivity index (χ2n) is 5.68. The number of carbonyl (C=O) groups excluding carboxylic acids is 2. The summed E-state index contributed by atoms with van der Waals surface area (Å²) >= 11 is 5.57. The second-order valence-corrected chi connectivity index (χ2v) is 6.08. The van der Waals surface area contributed by atoms with Crippen LogP contribution >= 0.6 is 11.6 Å².